The van der Waals surface area contributed by atoms with E-state index >= 15 is 0 Å². The van der Waals surface area contributed by atoms with Gasteiger partial charge in [-0.3, -0.25) is 9.69 Å². The van der Waals surface area contributed by atoms with Crippen LogP contribution in [0.25, 0.3) is 0 Å². The summed E-state index contributed by atoms with van der Waals surface area (Å²) in [6.07, 6.45) is 2.01. The van der Waals surface area contributed by atoms with E-state index < -0.39 is 0 Å². The van der Waals surface area contributed by atoms with Crippen molar-refractivity contribution in [2.45, 2.75) is 52.6 Å². The van der Waals surface area contributed by atoms with Crippen LogP contribution in [0.1, 0.15) is 40.5 Å². The summed E-state index contributed by atoms with van der Waals surface area (Å²) >= 11 is 0. The third-order valence-corrected chi connectivity index (χ3v) is 3.72. The number of carbonyl (C=O) groups excluding carboxylic acids is 1. The molecule has 1 N–H and O–H groups in total. The van der Waals surface area contributed by atoms with Crippen LogP contribution in [0, 0.1) is 5.92 Å². The van der Waals surface area contributed by atoms with E-state index in [4.69, 9.17) is 5.11 Å². The molecule has 0 bridgehead atoms. The third kappa shape index (κ3) is 4.25. The molecule has 1 aliphatic heterocycles. The molecule has 106 valence electrons. The quantitative estimate of drug-likeness (QED) is 0.807. The second kappa shape index (κ2) is 7.10. The van der Waals surface area contributed by atoms with Crippen molar-refractivity contribution in [1.29, 1.82) is 0 Å². The van der Waals surface area contributed by atoms with Gasteiger partial charge < -0.3 is 10.0 Å². The third-order valence-electron chi connectivity index (χ3n) is 3.72. The van der Waals surface area contributed by atoms with Gasteiger partial charge in [0.25, 0.3) is 0 Å². The van der Waals surface area contributed by atoms with Crippen LogP contribution in [-0.2, 0) is 4.79 Å². The molecule has 0 aromatic heterocycles. The number of hydrogen-bond donors (Lipinski definition) is 1. The summed E-state index contributed by atoms with van der Waals surface area (Å²) in [4.78, 5) is 16.5. The smallest absolute Gasteiger partial charge is 0.237 e. The molecule has 1 amide bonds. The number of likely N-dealkylation sites (tertiary alicyclic amines) is 1. The van der Waals surface area contributed by atoms with Gasteiger partial charge in [0.2, 0.25) is 5.91 Å². The SMILES string of the molecule is CC(C)N(C(=O)CN1CCC(CO)CC1)C(C)C. The van der Waals surface area contributed by atoms with Crippen LogP contribution < -0.4 is 0 Å². The standard InChI is InChI=1S/C14H28N2O2/c1-11(2)16(12(3)4)14(18)9-15-7-5-13(10-17)6-8-15/h11-13,17H,5-10H2,1-4H3. The van der Waals surface area contributed by atoms with Gasteiger partial charge >= 0.3 is 0 Å². The monoisotopic (exact) mass is 256 g/mol. The molecule has 0 unspecified atom stereocenters. The van der Waals surface area contributed by atoms with E-state index in [2.05, 4.69) is 32.6 Å². The molecule has 4 heteroatoms. The van der Waals surface area contributed by atoms with E-state index in [0.717, 1.165) is 25.9 Å². The van der Waals surface area contributed by atoms with Gasteiger partial charge in [-0.05, 0) is 59.5 Å². The normalized spacial score (nSPS) is 18.6. The maximum atomic E-state index is 12.3. The molecular weight excluding hydrogens is 228 g/mol. The zero-order chi connectivity index (χ0) is 13.7. The molecule has 1 heterocycles. The van der Waals surface area contributed by atoms with Crippen LogP contribution in [0.2, 0.25) is 0 Å². The van der Waals surface area contributed by atoms with E-state index in [1.165, 1.54) is 0 Å². The Hall–Kier alpha value is -0.610. The molecule has 0 atom stereocenters. The largest absolute Gasteiger partial charge is 0.396 e. The molecule has 4 nitrogen and oxygen atoms in total. The highest BCUT2D eigenvalue weighted by molar-refractivity contribution is 5.78. The molecular formula is C14H28N2O2. The average molecular weight is 256 g/mol. The van der Waals surface area contributed by atoms with Crippen molar-refractivity contribution >= 4 is 5.91 Å². The molecule has 0 radical (unpaired) electrons. The summed E-state index contributed by atoms with van der Waals surface area (Å²) in [5.41, 5.74) is 0. The molecule has 1 saturated heterocycles. The Kier molecular flexibility index (Phi) is 6.09. The molecule has 1 rings (SSSR count). The lowest BCUT2D eigenvalue weighted by Gasteiger charge is -2.35. The highest BCUT2D eigenvalue weighted by atomic mass is 16.3. The summed E-state index contributed by atoms with van der Waals surface area (Å²) in [5.74, 6) is 0.658. The van der Waals surface area contributed by atoms with Crippen LogP contribution in [0.15, 0.2) is 0 Å². The zero-order valence-corrected chi connectivity index (χ0v) is 12.2. The second-order valence-corrected chi connectivity index (χ2v) is 5.89. The highest BCUT2D eigenvalue weighted by Crippen LogP contribution is 2.16. The number of hydrogen-bond acceptors (Lipinski definition) is 3. The Morgan fingerprint density at radius 1 is 1.22 bits per heavy atom. The maximum absolute atomic E-state index is 12.3. The fraction of sp³-hybridized carbons (Fsp3) is 0.929. The van der Waals surface area contributed by atoms with Gasteiger partial charge in [0.05, 0.1) is 6.54 Å². The summed E-state index contributed by atoms with van der Waals surface area (Å²) in [5, 5.41) is 9.10. The second-order valence-electron chi connectivity index (χ2n) is 5.89. The van der Waals surface area contributed by atoms with Gasteiger partial charge in [0.1, 0.15) is 0 Å². The predicted octanol–water partition coefficient (Wildman–Crippen LogP) is 1.34. The van der Waals surface area contributed by atoms with Crippen molar-refractivity contribution in [1.82, 2.24) is 9.80 Å². The Balaban J connectivity index is 2.44. The minimum Gasteiger partial charge on any atom is -0.396 e. The van der Waals surface area contributed by atoms with Crippen molar-refractivity contribution in [2.24, 2.45) is 5.92 Å². The lowest BCUT2D eigenvalue weighted by molar-refractivity contribution is -0.136. The highest BCUT2D eigenvalue weighted by Gasteiger charge is 2.25. The number of aliphatic hydroxyl groups is 1. The zero-order valence-electron chi connectivity index (χ0n) is 12.2. The number of carbonyl (C=O) groups is 1. The number of amides is 1. The number of nitrogens with zero attached hydrogens (tertiary/aromatic N) is 2. The van der Waals surface area contributed by atoms with Gasteiger partial charge in [0.15, 0.2) is 0 Å². The first kappa shape index (κ1) is 15.4. The van der Waals surface area contributed by atoms with E-state index in [9.17, 15) is 4.79 Å². The Morgan fingerprint density at radius 2 is 1.72 bits per heavy atom. The first-order chi connectivity index (χ1) is 8.45. The molecule has 0 aromatic carbocycles. The summed E-state index contributed by atoms with van der Waals surface area (Å²) in [6.45, 7) is 10.9. The van der Waals surface area contributed by atoms with Crippen molar-refractivity contribution in [3.63, 3.8) is 0 Å². The predicted molar refractivity (Wildman–Crippen MR) is 73.4 cm³/mol. The van der Waals surface area contributed by atoms with E-state index in [-0.39, 0.29) is 24.6 Å². The Labute approximate surface area is 111 Å². The topological polar surface area (TPSA) is 43.8 Å². The van der Waals surface area contributed by atoms with E-state index in [0.29, 0.717) is 12.5 Å². The molecule has 1 fully saturated rings. The van der Waals surface area contributed by atoms with Gasteiger partial charge in [-0.25, -0.2) is 0 Å². The average Bonchev–Trinajstić information content (AvgIpc) is 2.28. The first-order valence-electron chi connectivity index (χ1n) is 7.10. The van der Waals surface area contributed by atoms with Crippen molar-refractivity contribution in [3.05, 3.63) is 0 Å². The molecule has 1 aliphatic rings. The number of aliphatic hydroxyl groups excluding tert-OH is 1. The fourth-order valence-electron chi connectivity index (χ4n) is 2.77. The summed E-state index contributed by atoms with van der Waals surface area (Å²) in [6, 6.07) is 0.514. The molecule has 0 aliphatic carbocycles. The minimum atomic E-state index is 0.224. The van der Waals surface area contributed by atoms with E-state index in [1.54, 1.807) is 0 Å². The molecule has 0 saturated carbocycles. The van der Waals surface area contributed by atoms with Crippen LogP contribution in [0.4, 0.5) is 0 Å². The maximum Gasteiger partial charge on any atom is 0.237 e. The van der Waals surface area contributed by atoms with Crippen LogP contribution in [0.3, 0.4) is 0 Å². The van der Waals surface area contributed by atoms with Gasteiger partial charge in [0, 0.05) is 18.7 Å². The number of piperidine rings is 1. The lowest BCUT2D eigenvalue weighted by atomic mass is 9.98. The Bertz CT molecular complexity index is 251. The van der Waals surface area contributed by atoms with Crippen LogP contribution in [0.5, 0.6) is 0 Å². The summed E-state index contributed by atoms with van der Waals surface area (Å²) in [7, 11) is 0. The van der Waals surface area contributed by atoms with Crippen LogP contribution >= 0.6 is 0 Å². The van der Waals surface area contributed by atoms with E-state index in [1.807, 2.05) is 4.90 Å². The number of rotatable bonds is 5. The van der Waals surface area contributed by atoms with Crippen LogP contribution in [-0.4, -0.2) is 59.1 Å². The van der Waals surface area contributed by atoms with Gasteiger partial charge in [-0.15, -0.1) is 0 Å². The van der Waals surface area contributed by atoms with Crippen molar-refractivity contribution in [3.8, 4) is 0 Å². The molecule has 18 heavy (non-hydrogen) atoms. The fourth-order valence-corrected chi connectivity index (χ4v) is 2.77. The minimum absolute atomic E-state index is 0.224. The van der Waals surface area contributed by atoms with Gasteiger partial charge in [-0.2, -0.15) is 0 Å². The Morgan fingerprint density at radius 3 is 2.11 bits per heavy atom. The van der Waals surface area contributed by atoms with Crippen molar-refractivity contribution < 1.29 is 9.90 Å². The van der Waals surface area contributed by atoms with Crippen molar-refractivity contribution in [2.75, 3.05) is 26.2 Å². The summed E-state index contributed by atoms with van der Waals surface area (Å²) < 4.78 is 0. The molecule has 0 spiro atoms. The lowest BCUT2D eigenvalue weighted by Crippen LogP contribution is -2.48. The first-order valence-corrected chi connectivity index (χ1v) is 7.10. The molecule has 0 aromatic rings. The van der Waals surface area contributed by atoms with Gasteiger partial charge in [-0.1, -0.05) is 0 Å².